The second-order valence-corrected chi connectivity index (χ2v) is 8.58. The summed E-state index contributed by atoms with van der Waals surface area (Å²) in [5.74, 6) is -1.86. The summed E-state index contributed by atoms with van der Waals surface area (Å²) in [5, 5.41) is 19.5. The van der Waals surface area contributed by atoms with Crippen molar-refractivity contribution in [3.8, 4) is 16.9 Å². The number of amides is 1. The molecule has 3 rings (SSSR count). The SMILES string of the molecule is CC1(C)CCC(C)(C)c2c1ccc(-c1ccc(C(=O)O)cc1O)c2C(N)=O. The van der Waals surface area contributed by atoms with Crippen LogP contribution in [0.5, 0.6) is 5.75 Å². The van der Waals surface area contributed by atoms with Crippen molar-refractivity contribution < 1.29 is 19.8 Å². The molecule has 0 radical (unpaired) electrons. The summed E-state index contributed by atoms with van der Waals surface area (Å²) in [6, 6.07) is 7.93. The average Bonchev–Trinajstić information content (AvgIpc) is 2.57. The molecule has 0 heterocycles. The lowest BCUT2D eigenvalue weighted by Crippen LogP contribution is -2.36. The topological polar surface area (TPSA) is 101 Å². The zero-order chi connectivity index (χ0) is 20.1. The molecule has 1 aliphatic carbocycles. The Hall–Kier alpha value is -2.82. The quantitative estimate of drug-likeness (QED) is 0.756. The smallest absolute Gasteiger partial charge is 0.335 e. The number of hydrogen-bond acceptors (Lipinski definition) is 3. The Morgan fingerprint density at radius 3 is 2.11 bits per heavy atom. The number of benzene rings is 2. The van der Waals surface area contributed by atoms with Gasteiger partial charge in [0.2, 0.25) is 5.91 Å². The first-order valence-electron chi connectivity index (χ1n) is 9.00. The second kappa shape index (κ2) is 6.12. The molecule has 0 atom stereocenters. The van der Waals surface area contributed by atoms with Gasteiger partial charge in [-0.15, -0.1) is 0 Å². The molecule has 1 aliphatic rings. The molecular formula is C22H25NO4. The molecule has 0 aromatic heterocycles. The minimum absolute atomic E-state index is 0.0173. The molecule has 0 aliphatic heterocycles. The maximum absolute atomic E-state index is 12.5. The molecule has 2 aromatic rings. The maximum Gasteiger partial charge on any atom is 0.335 e. The summed E-state index contributed by atoms with van der Waals surface area (Å²) < 4.78 is 0. The van der Waals surface area contributed by atoms with Gasteiger partial charge >= 0.3 is 5.97 Å². The van der Waals surface area contributed by atoms with Crippen LogP contribution in [0.2, 0.25) is 0 Å². The highest BCUT2D eigenvalue weighted by Crippen LogP contribution is 2.49. The number of fused-ring (bicyclic) bond motifs is 1. The minimum atomic E-state index is -1.12. The number of carbonyl (C=O) groups excluding carboxylic acids is 1. The van der Waals surface area contributed by atoms with Crippen molar-refractivity contribution in [3.63, 3.8) is 0 Å². The van der Waals surface area contributed by atoms with Gasteiger partial charge in [-0.25, -0.2) is 4.79 Å². The van der Waals surface area contributed by atoms with E-state index in [1.54, 1.807) is 6.07 Å². The lowest BCUT2D eigenvalue weighted by molar-refractivity contribution is 0.0696. The summed E-state index contributed by atoms with van der Waals surface area (Å²) in [6.45, 7) is 8.52. The lowest BCUT2D eigenvalue weighted by atomic mass is 9.61. The van der Waals surface area contributed by atoms with Crippen LogP contribution in [0.25, 0.3) is 11.1 Å². The Morgan fingerprint density at radius 2 is 1.56 bits per heavy atom. The van der Waals surface area contributed by atoms with Crippen LogP contribution in [0.1, 0.15) is 72.4 Å². The Bertz CT molecular complexity index is 957. The van der Waals surface area contributed by atoms with Crippen molar-refractivity contribution in [2.45, 2.75) is 51.4 Å². The molecule has 27 heavy (non-hydrogen) atoms. The number of rotatable bonds is 3. The van der Waals surface area contributed by atoms with E-state index in [0.29, 0.717) is 16.7 Å². The van der Waals surface area contributed by atoms with Crippen LogP contribution < -0.4 is 5.73 Å². The molecule has 0 saturated heterocycles. The standard InChI is InChI=1S/C22H25NO4/c1-21(2)9-10-22(3,4)18-15(21)8-7-14(17(18)19(23)25)13-6-5-12(20(26)27)11-16(13)24/h5-8,11,24H,9-10H2,1-4H3,(H2,23,25)(H,26,27). The van der Waals surface area contributed by atoms with Gasteiger partial charge in [0.1, 0.15) is 5.75 Å². The maximum atomic E-state index is 12.5. The van der Waals surface area contributed by atoms with Crippen molar-refractivity contribution >= 4 is 11.9 Å². The van der Waals surface area contributed by atoms with Crippen molar-refractivity contribution in [1.82, 2.24) is 0 Å². The first-order chi connectivity index (χ1) is 12.5. The summed E-state index contributed by atoms with van der Waals surface area (Å²) in [6.07, 6.45) is 1.92. The van der Waals surface area contributed by atoms with Gasteiger partial charge in [-0.2, -0.15) is 0 Å². The largest absolute Gasteiger partial charge is 0.507 e. The average molecular weight is 367 g/mol. The van der Waals surface area contributed by atoms with Gasteiger partial charge in [-0.05, 0) is 58.6 Å². The summed E-state index contributed by atoms with van der Waals surface area (Å²) in [5.41, 5.74) is 8.82. The number of nitrogens with two attached hydrogens (primary N) is 1. The van der Waals surface area contributed by atoms with Gasteiger partial charge < -0.3 is 15.9 Å². The first-order valence-corrected chi connectivity index (χ1v) is 9.00. The van der Waals surface area contributed by atoms with Crippen LogP contribution in [-0.2, 0) is 10.8 Å². The first kappa shape index (κ1) is 19.0. The molecule has 4 N–H and O–H groups in total. The fourth-order valence-corrected chi connectivity index (χ4v) is 4.13. The number of carboxylic acids is 1. The monoisotopic (exact) mass is 367 g/mol. The van der Waals surface area contributed by atoms with E-state index in [4.69, 9.17) is 10.8 Å². The van der Waals surface area contributed by atoms with Gasteiger partial charge in [0.25, 0.3) is 0 Å². The zero-order valence-corrected chi connectivity index (χ0v) is 16.1. The molecular weight excluding hydrogens is 342 g/mol. The minimum Gasteiger partial charge on any atom is -0.507 e. The fraction of sp³-hybridized carbons (Fsp3) is 0.364. The summed E-state index contributed by atoms with van der Waals surface area (Å²) in [7, 11) is 0. The van der Waals surface area contributed by atoms with Crippen LogP contribution in [-0.4, -0.2) is 22.1 Å². The number of aromatic carboxylic acids is 1. The van der Waals surface area contributed by atoms with Gasteiger partial charge in [-0.1, -0.05) is 39.8 Å². The molecule has 0 bridgehead atoms. The van der Waals surface area contributed by atoms with E-state index < -0.39 is 11.9 Å². The van der Waals surface area contributed by atoms with Crippen LogP contribution in [0, 0.1) is 0 Å². The predicted molar refractivity (Wildman–Crippen MR) is 104 cm³/mol. The highest BCUT2D eigenvalue weighted by atomic mass is 16.4. The van der Waals surface area contributed by atoms with Crippen molar-refractivity contribution in [1.29, 1.82) is 0 Å². The molecule has 0 saturated carbocycles. The summed E-state index contributed by atoms with van der Waals surface area (Å²) in [4.78, 5) is 23.6. The van der Waals surface area contributed by atoms with Crippen molar-refractivity contribution in [2.75, 3.05) is 0 Å². The Balaban J connectivity index is 2.34. The van der Waals surface area contributed by atoms with E-state index in [0.717, 1.165) is 24.0 Å². The van der Waals surface area contributed by atoms with E-state index in [1.165, 1.54) is 18.2 Å². The van der Waals surface area contributed by atoms with E-state index in [2.05, 4.69) is 27.7 Å². The molecule has 1 amide bonds. The number of phenolic OH excluding ortho intramolecular Hbond substituents is 1. The Kier molecular flexibility index (Phi) is 4.29. The zero-order valence-electron chi connectivity index (χ0n) is 16.1. The number of aromatic hydroxyl groups is 1. The number of phenols is 1. The fourth-order valence-electron chi connectivity index (χ4n) is 4.13. The lowest BCUT2D eigenvalue weighted by Gasteiger charge is -2.43. The molecule has 142 valence electrons. The van der Waals surface area contributed by atoms with E-state index in [-0.39, 0.29) is 22.1 Å². The third-order valence-corrected chi connectivity index (χ3v) is 5.77. The molecule has 2 aromatic carbocycles. The third kappa shape index (κ3) is 3.07. The van der Waals surface area contributed by atoms with Crippen molar-refractivity contribution in [3.05, 3.63) is 52.6 Å². The van der Waals surface area contributed by atoms with Crippen LogP contribution in [0.3, 0.4) is 0 Å². The third-order valence-electron chi connectivity index (χ3n) is 5.77. The second-order valence-electron chi connectivity index (χ2n) is 8.58. The van der Waals surface area contributed by atoms with Gasteiger partial charge in [0.15, 0.2) is 0 Å². The van der Waals surface area contributed by atoms with Crippen LogP contribution in [0.15, 0.2) is 30.3 Å². The van der Waals surface area contributed by atoms with E-state index in [1.807, 2.05) is 6.07 Å². The predicted octanol–water partition coefficient (Wildman–Crippen LogP) is 4.21. The number of hydrogen-bond donors (Lipinski definition) is 3. The van der Waals surface area contributed by atoms with E-state index in [9.17, 15) is 14.7 Å². The number of carboxylic acid groups (broad SMARTS) is 1. The Morgan fingerprint density at radius 1 is 0.963 bits per heavy atom. The van der Waals surface area contributed by atoms with E-state index >= 15 is 0 Å². The summed E-state index contributed by atoms with van der Waals surface area (Å²) >= 11 is 0. The highest BCUT2D eigenvalue weighted by Gasteiger charge is 2.40. The van der Waals surface area contributed by atoms with Crippen LogP contribution in [0.4, 0.5) is 0 Å². The number of carbonyl (C=O) groups is 2. The Labute approximate surface area is 158 Å². The van der Waals surface area contributed by atoms with Crippen LogP contribution >= 0.6 is 0 Å². The van der Waals surface area contributed by atoms with Gasteiger partial charge in [0, 0.05) is 5.56 Å². The van der Waals surface area contributed by atoms with Gasteiger partial charge in [0.05, 0.1) is 11.1 Å². The van der Waals surface area contributed by atoms with Crippen molar-refractivity contribution in [2.24, 2.45) is 5.73 Å². The molecule has 0 spiro atoms. The normalized spacial score (nSPS) is 17.2. The molecule has 5 nitrogen and oxygen atoms in total. The number of primary amides is 1. The van der Waals surface area contributed by atoms with Gasteiger partial charge in [-0.3, -0.25) is 4.79 Å². The molecule has 5 heteroatoms. The molecule has 0 unspecified atom stereocenters. The highest BCUT2D eigenvalue weighted by molar-refractivity contribution is 6.03. The molecule has 0 fully saturated rings.